The van der Waals surface area contributed by atoms with Crippen LogP contribution >= 0.6 is 24.0 Å². The second-order valence-corrected chi connectivity index (χ2v) is 6.79. The van der Waals surface area contributed by atoms with Gasteiger partial charge in [0.15, 0.2) is 5.96 Å². The van der Waals surface area contributed by atoms with E-state index in [4.69, 9.17) is 5.73 Å². The number of guanidine groups is 1. The van der Waals surface area contributed by atoms with Crippen LogP contribution in [0.2, 0.25) is 0 Å². The Bertz CT molecular complexity index is 536. The van der Waals surface area contributed by atoms with Crippen molar-refractivity contribution in [1.82, 2.24) is 19.6 Å². The van der Waals surface area contributed by atoms with Crippen molar-refractivity contribution in [1.29, 1.82) is 0 Å². The predicted octanol–water partition coefficient (Wildman–Crippen LogP) is 1.83. The van der Waals surface area contributed by atoms with Gasteiger partial charge in [0.05, 0.1) is 11.7 Å². The summed E-state index contributed by atoms with van der Waals surface area (Å²) in [4.78, 5) is 9.18. The lowest BCUT2D eigenvalue weighted by atomic mass is 9.86. The van der Waals surface area contributed by atoms with Crippen LogP contribution < -0.4 is 5.73 Å². The summed E-state index contributed by atoms with van der Waals surface area (Å²) in [5.41, 5.74) is 7.29. The molecular formula is C16H29IN6. The molecule has 2 atom stereocenters. The molecule has 1 saturated carbocycles. The fourth-order valence-corrected chi connectivity index (χ4v) is 3.55. The molecule has 130 valence electrons. The van der Waals surface area contributed by atoms with Gasteiger partial charge in [-0.05, 0) is 44.2 Å². The van der Waals surface area contributed by atoms with Crippen molar-refractivity contribution >= 4 is 29.9 Å². The number of likely N-dealkylation sites (tertiary alicyclic amines) is 1. The molecule has 7 heteroatoms. The smallest absolute Gasteiger partial charge is 0.190 e. The van der Waals surface area contributed by atoms with Gasteiger partial charge in [0.2, 0.25) is 0 Å². The first-order valence-corrected chi connectivity index (χ1v) is 8.29. The monoisotopic (exact) mass is 432 g/mol. The number of aryl methyl sites for hydroxylation is 1. The molecule has 23 heavy (non-hydrogen) atoms. The summed E-state index contributed by atoms with van der Waals surface area (Å²) in [5, 5.41) is 4.39. The van der Waals surface area contributed by atoms with Crippen molar-refractivity contribution in [2.24, 2.45) is 23.7 Å². The number of rotatable bonds is 4. The van der Waals surface area contributed by atoms with Gasteiger partial charge in [-0.25, -0.2) is 0 Å². The normalized spacial score (nSPS) is 26.0. The number of halogens is 1. The van der Waals surface area contributed by atoms with E-state index in [9.17, 15) is 0 Å². The van der Waals surface area contributed by atoms with E-state index in [2.05, 4.69) is 21.1 Å². The van der Waals surface area contributed by atoms with E-state index in [0.717, 1.165) is 12.6 Å². The lowest BCUT2D eigenvalue weighted by Crippen LogP contribution is -2.42. The van der Waals surface area contributed by atoms with Crippen LogP contribution in [0.1, 0.15) is 37.4 Å². The molecule has 1 aliphatic heterocycles. The molecule has 0 aromatic carbocycles. The van der Waals surface area contributed by atoms with Crippen molar-refractivity contribution in [2.75, 3.05) is 27.2 Å². The zero-order valence-corrected chi connectivity index (χ0v) is 16.7. The number of aliphatic imine (C=N–C) groups is 1. The third-order valence-corrected chi connectivity index (χ3v) is 4.92. The number of nitrogens with two attached hydrogens (primary N) is 1. The maximum absolute atomic E-state index is 5.98. The number of hydrogen-bond donors (Lipinski definition) is 1. The van der Waals surface area contributed by atoms with Crippen LogP contribution in [0.5, 0.6) is 0 Å². The molecule has 1 saturated heterocycles. The molecule has 0 radical (unpaired) electrons. The van der Waals surface area contributed by atoms with Crippen molar-refractivity contribution in [3.63, 3.8) is 0 Å². The molecule has 0 bridgehead atoms. The summed E-state index contributed by atoms with van der Waals surface area (Å²) < 4.78 is 2.03. The van der Waals surface area contributed by atoms with Crippen LogP contribution in [-0.2, 0) is 7.05 Å². The van der Waals surface area contributed by atoms with Gasteiger partial charge in [0.1, 0.15) is 0 Å². The van der Waals surface area contributed by atoms with E-state index in [1.54, 1.807) is 0 Å². The minimum Gasteiger partial charge on any atom is -0.370 e. The van der Waals surface area contributed by atoms with Crippen molar-refractivity contribution in [2.45, 2.75) is 37.8 Å². The Morgan fingerprint density at radius 2 is 2.13 bits per heavy atom. The lowest BCUT2D eigenvalue weighted by molar-refractivity contribution is 0.0823. The summed E-state index contributed by atoms with van der Waals surface area (Å²) in [5.74, 6) is 1.13. The molecule has 3 rings (SSSR count). The molecular weight excluding hydrogens is 403 g/mol. The van der Waals surface area contributed by atoms with Crippen LogP contribution in [0.15, 0.2) is 17.3 Å². The lowest BCUT2D eigenvalue weighted by Gasteiger charge is -2.41. The van der Waals surface area contributed by atoms with Gasteiger partial charge in [-0.2, -0.15) is 5.10 Å². The Kier molecular flexibility index (Phi) is 6.30. The summed E-state index contributed by atoms with van der Waals surface area (Å²) in [6.07, 6.45) is 7.05. The highest BCUT2D eigenvalue weighted by Crippen LogP contribution is 2.42. The molecule has 1 aromatic heterocycles. The van der Waals surface area contributed by atoms with E-state index in [1.165, 1.54) is 37.9 Å². The second-order valence-electron chi connectivity index (χ2n) is 6.79. The van der Waals surface area contributed by atoms with Crippen LogP contribution in [0.4, 0.5) is 0 Å². The predicted molar refractivity (Wildman–Crippen MR) is 104 cm³/mol. The Labute approximate surface area is 156 Å². The first-order chi connectivity index (χ1) is 10.6. The van der Waals surface area contributed by atoms with Gasteiger partial charge >= 0.3 is 0 Å². The number of aromatic nitrogens is 2. The SMILES string of the molecule is CN(C)C(N)=NC[C@@H]1CCCN(C2CC2)[C@H]1c1ccnn1C.I. The average Bonchev–Trinajstić information content (AvgIpc) is 3.26. The molecule has 6 nitrogen and oxygen atoms in total. The van der Waals surface area contributed by atoms with E-state index >= 15 is 0 Å². The number of nitrogens with zero attached hydrogens (tertiary/aromatic N) is 5. The van der Waals surface area contributed by atoms with Crippen LogP contribution in [0, 0.1) is 5.92 Å². The highest BCUT2D eigenvalue weighted by Gasteiger charge is 2.41. The number of hydrogen-bond acceptors (Lipinski definition) is 3. The van der Waals surface area contributed by atoms with E-state index in [-0.39, 0.29) is 24.0 Å². The Morgan fingerprint density at radius 3 is 2.70 bits per heavy atom. The molecule has 2 N–H and O–H groups in total. The van der Waals surface area contributed by atoms with E-state index in [1.807, 2.05) is 36.9 Å². The van der Waals surface area contributed by atoms with E-state index in [0.29, 0.717) is 17.9 Å². The first kappa shape index (κ1) is 18.5. The summed E-state index contributed by atoms with van der Waals surface area (Å²) in [6.45, 7) is 1.99. The molecule has 2 heterocycles. The Morgan fingerprint density at radius 1 is 1.39 bits per heavy atom. The van der Waals surface area contributed by atoms with Gasteiger partial charge in [-0.1, -0.05) is 0 Å². The van der Waals surface area contributed by atoms with Gasteiger partial charge in [-0.3, -0.25) is 14.6 Å². The highest BCUT2D eigenvalue weighted by atomic mass is 127. The maximum atomic E-state index is 5.98. The summed E-state index contributed by atoms with van der Waals surface area (Å²) in [6, 6.07) is 3.35. The third-order valence-electron chi connectivity index (χ3n) is 4.92. The Balaban J connectivity index is 0.00000192. The Hall–Kier alpha value is -0.830. The van der Waals surface area contributed by atoms with E-state index < -0.39 is 0 Å². The zero-order valence-electron chi connectivity index (χ0n) is 14.4. The molecule has 0 spiro atoms. The fourth-order valence-electron chi connectivity index (χ4n) is 3.55. The van der Waals surface area contributed by atoms with Crippen molar-refractivity contribution < 1.29 is 0 Å². The summed E-state index contributed by atoms with van der Waals surface area (Å²) in [7, 11) is 5.92. The summed E-state index contributed by atoms with van der Waals surface area (Å²) >= 11 is 0. The standard InChI is InChI=1S/C16H28N6.HI/c1-20(2)16(17)18-11-12-5-4-10-22(13-6-7-13)15(12)14-8-9-19-21(14)3;/h8-9,12-13,15H,4-7,10-11H2,1-3H3,(H2,17,18);1H/t12-,15+;/m0./s1. The minimum atomic E-state index is 0. The van der Waals surface area contributed by atoms with Gasteiger partial charge in [-0.15, -0.1) is 24.0 Å². The minimum absolute atomic E-state index is 0. The zero-order chi connectivity index (χ0) is 15.7. The van der Waals surface area contributed by atoms with Crippen molar-refractivity contribution in [3.8, 4) is 0 Å². The molecule has 1 aliphatic carbocycles. The van der Waals surface area contributed by atoms with Crippen LogP contribution in [0.25, 0.3) is 0 Å². The number of piperidine rings is 1. The maximum Gasteiger partial charge on any atom is 0.190 e. The van der Waals surface area contributed by atoms with Gasteiger partial charge < -0.3 is 10.6 Å². The largest absolute Gasteiger partial charge is 0.370 e. The molecule has 2 aliphatic rings. The molecule has 0 amide bonds. The molecule has 2 fully saturated rings. The quantitative estimate of drug-likeness (QED) is 0.448. The van der Waals surface area contributed by atoms with Crippen LogP contribution in [-0.4, -0.2) is 58.8 Å². The average molecular weight is 432 g/mol. The molecule has 0 unspecified atom stereocenters. The van der Waals surface area contributed by atoms with Gasteiger partial charge in [0, 0.05) is 39.9 Å². The van der Waals surface area contributed by atoms with Crippen LogP contribution in [0.3, 0.4) is 0 Å². The molecule has 1 aromatic rings. The third kappa shape index (κ3) is 4.17. The highest BCUT2D eigenvalue weighted by molar-refractivity contribution is 14.0. The van der Waals surface area contributed by atoms with Crippen molar-refractivity contribution in [3.05, 3.63) is 18.0 Å². The topological polar surface area (TPSA) is 62.7 Å². The van der Waals surface area contributed by atoms with Gasteiger partial charge in [0.25, 0.3) is 0 Å². The fraction of sp³-hybridized carbons (Fsp3) is 0.750. The second kappa shape index (κ2) is 7.83. The first-order valence-electron chi connectivity index (χ1n) is 8.29.